The van der Waals surface area contributed by atoms with Gasteiger partial charge < -0.3 is 14.6 Å². The van der Waals surface area contributed by atoms with Crippen molar-refractivity contribution < 1.29 is 4.74 Å². The molecule has 3 aromatic heterocycles. The number of ether oxygens (including phenoxy) is 1. The van der Waals surface area contributed by atoms with E-state index < -0.39 is 0 Å². The van der Waals surface area contributed by atoms with E-state index in [1.54, 1.807) is 6.20 Å². The Kier molecular flexibility index (Phi) is 3.33. The largest absolute Gasteiger partial charge is 0.490 e. The van der Waals surface area contributed by atoms with Gasteiger partial charge in [-0.3, -0.25) is 0 Å². The van der Waals surface area contributed by atoms with Gasteiger partial charge in [0.15, 0.2) is 5.65 Å². The highest BCUT2D eigenvalue weighted by Gasteiger charge is 2.22. The van der Waals surface area contributed by atoms with Crippen LogP contribution in [0.1, 0.15) is 12.8 Å². The molecule has 4 aromatic rings. The molecule has 1 N–H and O–H groups in total. The Labute approximate surface area is 145 Å². The lowest BCUT2D eigenvalue weighted by molar-refractivity contribution is 0.173. The Balaban J connectivity index is 1.28. The Morgan fingerprint density at radius 3 is 2.92 bits per heavy atom. The number of fused-ring (bicyclic) bond motifs is 2. The second kappa shape index (κ2) is 5.81. The minimum absolute atomic E-state index is 0.244. The predicted octanol–water partition coefficient (Wildman–Crippen LogP) is 3.26. The van der Waals surface area contributed by atoms with E-state index >= 15 is 0 Å². The molecule has 1 aliphatic rings. The third-order valence-corrected chi connectivity index (χ3v) is 4.86. The minimum atomic E-state index is 0.244. The maximum Gasteiger partial charge on any atom is 0.153 e. The van der Waals surface area contributed by atoms with E-state index in [-0.39, 0.29) is 6.10 Å². The second-order valence-corrected chi connectivity index (χ2v) is 6.42. The standard InChI is InChI=1S/C19H19N5O/c1-2-16-15(6-9-20-16)17(3-1)25-14-7-11-23(12-8-14)19-5-4-18-21-10-13-24(18)22-19/h1-6,9-10,13-14,20H,7-8,11-12H2. The van der Waals surface area contributed by atoms with Crippen LogP contribution in [-0.2, 0) is 0 Å². The molecule has 6 heteroatoms. The van der Waals surface area contributed by atoms with Crippen molar-refractivity contribution in [1.82, 2.24) is 19.6 Å². The topological polar surface area (TPSA) is 58.4 Å². The summed E-state index contributed by atoms with van der Waals surface area (Å²) in [5.74, 6) is 1.96. The van der Waals surface area contributed by atoms with Crippen LogP contribution in [0.3, 0.4) is 0 Å². The molecule has 5 rings (SSSR count). The molecule has 0 radical (unpaired) electrons. The van der Waals surface area contributed by atoms with Gasteiger partial charge in [0.1, 0.15) is 17.7 Å². The lowest BCUT2D eigenvalue weighted by atomic mass is 10.1. The van der Waals surface area contributed by atoms with E-state index in [1.165, 1.54) is 0 Å². The van der Waals surface area contributed by atoms with E-state index in [9.17, 15) is 0 Å². The fourth-order valence-corrected chi connectivity index (χ4v) is 3.52. The Morgan fingerprint density at radius 1 is 1.08 bits per heavy atom. The number of H-pyrrole nitrogens is 1. The highest BCUT2D eigenvalue weighted by molar-refractivity contribution is 5.85. The van der Waals surface area contributed by atoms with Crippen molar-refractivity contribution >= 4 is 22.4 Å². The Bertz CT molecular complexity index is 1010. The number of hydrogen-bond acceptors (Lipinski definition) is 4. The van der Waals surface area contributed by atoms with Crippen LogP contribution in [0, 0.1) is 0 Å². The van der Waals surface area contributed by atoms with E-state index in [2.05, 4.69) is 38.2 Å². The molecule has 0 amide bonds. The van der Waals surface area contributed by atoms with E-state index in [0.29, 0.717) is 0 Å². The maximum atomic E-state index is 6.29. The minimum Gasteiger partial charge on any atom is -0.490 e. The molecule has 0 saturated carbocycles. The van der Waals surface area contributed by atoms with Gasteiger partial charge in [0.05, 0.1) is 0 Å². The molecule has 0 aliphatic carbocycles. The molecule has 1 fully saturated rings. The number of benzene rings is 1. The monoisotopic (exact) mass is 333 g/mol. The molecule has 126 valence electrons. The molecule has 0 bridgehead atoms. The zero-order valence-electron chi connectivity index (χ0n) is 13.8. The smallest absolute Gasteiger partial charge is 0.153 e. The maximum absolute atomic E-state index is 6.29. The van der Waals surface area contributed by atoms with Crippen molar-refractivity contribution in [2.24, 2.45) is 0 Å². The van der Waals surface area contributed by atoms with Gasteiger partial charge in [-0.1, -0.05) is 6.07 Å². The zero-order valence-corrected chi connectivity index (χ0v) is 13.8. The van der Waals surface area contributed by atoms with Crippen LogP contribution in [-0.4, -0.2) is 38.8 Å². The zero-order chi connectivity index (χ0) is 16.6. The van der Waals surface area contributed by atoms with Crippen LogP contribution >= 0.6 is 0 Å². The molecule has 1 aromatic carbocycles. The summed E-state index contributed by atoms with van der Waals surface area (Å²) < 4.78 is 8.11. The molecule has 0 atom stereocenters. The van der Waals surface area contributed by atoms with Crippen LogP contribution in [0.15, 0.2) is 55.0 Å². The number of nitrogens with one attached hydrogen (secondary N) is 1. The third kappa shape index (κ3) is 2.59. The second-order valence-electron chi connectivity index (χ2n) is 6.42. The van der Waals surface area contributed by atoms with Crippen molar-refractivity contribution in [3.8, 4) is 5.75 Å². The normalized spacial score (nSPS) is 15.9. The summed E-state index contributed by atoms with van der Waals surface area (Å²) in [6.45, 7) is 1.89. The van der Waals surface area contributed by atoms with Crippen LogP contribution in [0.25, 0.3) is 16.6 Å². The quantitative estimate of drug-likeness (QED) is 0.625. The highest BCUT2D eigenvalue weighted by Crippen LogP contribution is 2.28. The number of aromatic nitrogens is 4. The SMILES string of the molecule is c1cc(OC2CCN(c3ccc4nccn4n3)CC2)c2cc[nH]c2c1. The summed E-state index contributed by atoms with van der Waals surface area (Å²) in [7, 11) is 0. The predicted molar refractivity (Wildman–Crippen MR) is 97.1 cm³/mol. The number of nitrogens with zero attached hydrogens (tertiary/aromatic N) is 4. The third-order valence-electron chi connectivity index (χ3n) is 4.86. The average molecular weight is 333 g/mol. The van der Waals surface area contributed by atoms with Gasteiger partial charge >= 0.3 is 0 Å². The summed E-state index contributed by atoms with van der Waals surface area (Å²) in [6.07, 6.45) is 7.83. The van der Waals surface area contributed by atoms with Crippen molar-refractivity contribution in [3.63, 3.8) is 0 Å². The molecule has 4 heterocycles. The lowest BCUT2D eigenvalue weighted by Crippen LogP contribution is -2.38. The van der Waals surface area contributed by atoms with E-state index in [4.69, 9.17) is 4.74 Å². The molecule has 1 saturated heterocycles. The Morgan fingerprint density at radius 2 is 2.00 bits per heavy atom. The van der Waals surface area contributed by atoms with Gasteiger partial charge in [-0.15, -0.1) is 5.10 Å². The first-order valence-corrected chi connectivity index (χ1v) is 8.65. The van der Waals surface area contributed by atoms with Crippen molar-refractivity contribution in [1.29, 1.82) is 0 Å². The number of piperidine rings is 1. The summed E-state index contributed by atoms with van der Waals surface area (Å²) in [6, 6.07) is 12.3. The van der Waals surface area contributed by atoms with E-state index in [1.807, 2.05) is 35.1 Å². The van der Waals surface area contributed by atoms with Crippen molar-refractivity contribution in [2.75, 3.05) is 18.0 Å². The lowest BCUT2D eigenvalue weighted by Gasteiger charge is -2.32. The van der Waals surface area contributed by atoms with Crippen LogP contribution in [0.4, 0.5) is 5.82 Å². The van der Waals surface area contributed by atoms with Crippen LogP contribution in [0.2, 0.25) is 0 Å². The van der Waals surface area contributed by atoms with Crippen molar-refractivity contribution in [3.05, 3.63) is 55.0 Å². The molecule has 1 aliphatic heterocycles. The number of imidazole rings is 1. The van der Waals surface area contributed by atoms with Crippen LogP contribution in [0.5, 0.6) is 5.75 Å². The van der Waals surface area contributed by atoms with Gasteiger partial charge in [-0.25, -0.2) is 9.50 Å². The van der Waals surface area contributed by atoms with Crippen molar-refractivity contribution in [2.45, 2.75) is 18.9 Å². The molecular weight excluding hydrogens is 314 g/mol. The fraction of sp³-hybridized carbons (Fsp3) is 0.263. The molecule has 6 nitrogen and oxygen atoms in total. The number of rotatable bonds is 3. The average Bonchev–Trinajstić information content (AvgIpc) is 3.31. The number of anilines is 1. The number of aromatic amines is 1. The van der Waals surface area contributed by atoms with Gasteiger partial charge in [-0.2, -0.15) is 0 Å². The first-order chi connectivity index (χ1) is 12.4. The summed E-state index contributed by atoms with van der Waals surface area (Å²) in [5, 5.41) is 5.79. The molecule has 25 heavy (non-hydrogen) atoms. The van der Waals surface area contributed by atoms with Gasteiger partial charge in [0.25, 0.3) is 0 Å². The molecular formula is C19H19N5O. The summed E-state index contributed by atoms with van der Waals surface area (Å²) in [5.41, 5.74) is 1.99. The molecule has 0 spiro atoms. The van der Waals surface area contributed by atoms with Gasteiger partial charge in [0, 0.05) is 55.4 Å². The van der Waals surface area contributed by atoms with Gasteiger partial charge in [-0.05, 0) is 30.3 Å². The summed E-state index contributed by atoms with van der Waals surface area (Å²) >= 11 is 0. The molecule has 0 unspecified atom stereocenters. The fourth-order valence-electron chi connectivity index (χ4n) is 3.52. The highest BCUT2D eigenvalue weighted by atomic mass is 16.5. The van der Waals surface area contributed by atoms with Gasteiger partial charge in [0.2, 0.25) is 0 Å². The van der Waals surface area contributed by atoms with E-state index in [0.717, 1.165) is 54.0 Å². The van der Waals surface area contributed by atoms with Crippen LogP contribution < -0.4 is 9.64 Å². The Hall–Kier alpha value is -3.02. The summed E-state index contributed by atoms with van der Waals surface area (Å²) in [4.78, 5) is 9.79. The number of hydrogen-bond donors (Lipinski definition) is 1. The first kappa shape index (κ1) is 14.3. The first-order valence-electron chi connectivity index (χ1n) is 8.65.